The SMILES string of the molecule is NCC#Cc1cc(C#CCN=C(N)N)cc(-c2cccc(-c3cc(C#CCN)cc(C#CCN=C(N)N)c3)c2)c1. The Labute approximate surface area is 234 Å². The van der Waals surface area contributed by atoms with Crippen molar-refractivity contribution in [1.29, 1.82) is 0 Å². The van der Waals surface area contributed by atoms with Crippen LogP contribution in [-0.2, 0) is 0 Å². The molecule has 198 valence electrons. The van der Waals surface area contributed by atoms with E-state index in [4.69, 9.17) is 34.4 Å². The van der Waals surface area contributed by atoms with Crippen LogP contribution in [0, 0.1) is 47.4 Å². The maximum absolute atomic E-state index is 5.60. The third kappa shape index (κ3) is 9.34. The molecule has 0 aromatic heterocycles. The Balaban J connectivity index is 2.07. The predicted molar refractivity (Wildman–Crippen MR) is 164 cm³/mol. The minimum absolute atomic E-state index is 0.00431. The Kier molecular flexibility index (Phi) is 10.8. The fraction of sp³-hybridized carbons (Fsp3) is 0.125. The van der Waals surface area contributed by atoms with Gasteiger partial charge in [-0.2, -0.15) is 0 Å². The molecule has 0 saturated heterocycles. The summed E-state index contributed by atoms with van der Waals surface area (Å²) in [6, 6.07) is 20.0. The molecule has 0 atom stereocenters. The molecule has 0 spiro atoms. The van der Waals surface area contributed by atoms with Gasteiger partial charge in [0.15, 0.2) is 11.9 Å². The lowest BCUT2D eigenvalue weighted by Gasteiger charge is -2.09. The normalized spacial score (nSPS) is 9.25. The first-order chi connectivity index (χ1) is 19.4. The highest BCUT2D eigenvalue weighted by Gasteiger charge is 2.07. The predicted octanol–water partition coefficient (Wildman–Crippen LogP) is 0.891. The summed E-state index contributed by atoms with van der Waals surface area (Å²) in [6.07, 6.45) is 0. The number of hydrogen-bond donors (Lipinski definition) is 6. The van der Waals surface area contributed by atoms with Gasteiger partial charge >= 0.3 is 0 Å². The van der Waals surface area contributed by atoms with Crippen LogP contribution in [0.25, 0.3) is 22.3 Å². The summed E-state index contributed by atoms with van der Waals surface area (Å²) in [5.74, 6) is 24.1. The van der Waals surface area contributed by atoms with Crippen LogP contribution < -0.4 is 34.4 Å². The largest absolute Gasteiger partial charge is 0.370 e. The van der Waals surface area contributed by atoms with Crippen LogP contribution in [0.2, 0.25) is 0 Å². The number of nitrogens with zero attached hydrogens (tertiary/aromatic N) is 2. The fourth-order valence-electron chi connectivity index (χ4n) is 3.61. The first-order valence-corrected chi connectivity index (χ1v) is 12.3. The van der Waals surface area contributed by atoms with E-state index in [0.29, 0.717) is 0 Å². The van der Waals surface area contributed by atoms with Crippen molar-refractivity contribution in [3.63, 3.8) is 0 Å². The highest BCUT2D eigenvalue weighted by Crippen LogP contribution is 2.29. The Morgan fingerprint density at radius 2 is 0.875 bits per heavy atom. The summed E-state index contributed by atoms with van der Waals surface area (Å²) >= 11 is 0. The lowest BCUT2D eigenvalue weighted by atomic mass is 9.95. The zero-order chi connectivity index (χ0) is 28.7. The van der Waals surface area contributed by atoms with Crippen molar-refractivity contribution >= 4 is 11.9 Å². The summed E-state index contributed by atoms with van der Waals surface area (Å²) in [4.78, 5) is 7.82. The van der Waals surface area contributed by atoms with E-state index in [0.717, 1.165) is 44.5 Å². The van der Waals surface area contributed by atoms with Crippen LogP contribution in [0.15, 0.2) is 70.6 Å². The molecule has 0 saturated carbocycles. The Bertz CT molecular complexity index is 1560. The highest BCUT2D eigenvalue weighted by atomic mass is 15.0. The molecule has 8 heteroatoms. The molecule has 0 radical (unpaired) electrons. The van der Waals surface area contributed by atoms with Crippen molar-refractivity contribution in [1.82, 2.24) is 0 Å². The van der Waals surface area contributed by atoms with Gasteiger partial charge in [-0.1, -0.05) is 65.6 Å². The van der Waals surface area contributed by atoms with Gasteiger partial charge in [-0.05, 0) is 64.7 Å². The smallest absolute Gasteiger partial charge is 0.186 e. The van der Waals surface area contributed by atoms with Crippen molar-refractivity contribution in [3.05, 3.63) is 82.9 Å². The Morgan fingerprint density at radius 3 is 1.23 bits per heavy atom. The molecule has 0 bridgehead atoms. The summed E-state index contributed by atoms with van der Waals surface area (Å²) < 4.78 is 0. The van der Waals surface area contributed by atoms with E-state index in [2.05, 4.69) is 63.4 Å². The zero-order valence-electron chi connectivity index (χ0n) is 22.0. The lowest BCUT2D eigenvalue weighted by Crippen LogP contribution is -2.22. The fourth-order valence-corrected chi connectivity index (χ4v) is 3.61. The minimum Gasteiger partial charge on any atom is -0.370 e. The Hall–Kier alpha value is -5.64. The van der Waals surface area contributed by atoms with E-state index < -0.39 is 0 Å². The highest BCUT2D eigenvalue weighted by molar-refractivity contribution is 5.77. The minimum atomic E-state index is -0.00431. The van der Waals surface area contributed by atoms with Gasteiger partial charge in [-0.3, -0.25) is 0 Å². The van der Waals surface area contributed by atoms with E-state index in [1.54, 1.807) is 0 Å². The number of nitrogens with two attached hydrogens (primary N) is 6. The van der Waals surface area contributed by atoms with E-state index in [9.17, 15) is 0 Å². The van der Waals surface area contributed by atoms with Crippen LogP contribution in [0.3, 0.4) is 0 Å². The molecule has 8 nitrogen and oxygen atoms in total. The van der Waals surface area contributed by atoms with Crippen molar-refractivity contribution < 1.29 is 0 Å². The third-order valence-corrected chi connectivity index (χ3v) is 5.21. The first kappa shape index (κ1) is 28.9. The molecule has 0 unspecified atom stereocenters. The maximum Gasteiger partial charge on any atom is 0.186 e. The molecule has 3 aromatic carbocycles. The summed E-state index contributed by atoms with van der Waals surface area (Å²) in [5, 5.41) is 0. The number of hydrogen-bond acceptors (Lipinski definition) is 4. The van der Waals surface area contributed by atoms with Gasteiger partial charge in [0, 0.05) is 22.3 Å². The molecular weight excluding hydrogens is 496 g/mol. The molecular formula is C32H30N8. The van der Waals surface area contributed by atoms with Gasteiger partial charge in [0.05, 0.1) is 13.1 Å². The average molecular weight is 527 g/mol. The number of benzene rings is 3. The topological polar surface area (TPSA) is 181 Å². The first-order valence-electron chi connectivity index (χ1n) is 12.3. The second-order valence-electron chi connectivity index (χ2n) is 8.28. The molecule has 0 amide bonds. The van der Waals surface area contributed by atoms with Crippen LogP contribution in [0.1, 0.15) is 22.3 Å². The number of guanidine groups is 2. The summed E-state index contributed by atoms with van der Waals surface area (Å²) in [7, 11) is 0. The maximum atomic E-state index is 5.60. The van der Waals surface area contributed by atoms with Crippen LogP contribution in [0.5, 0.6) is 0 Å². The van der Waals surface area contributed by atoms with Gasteiger partial charge in [0.2, 0.25) is 0 Å². The van der Waals surface area contributed by atoms with Gasteiger partial charge in [-0.25, -0.2) is 9.98 Å². The molecule has 0 heterocycles. The van der Waals surface area contributed by atoms with Gasteiger partial charge in [-0.15, -0.1) is 0 Å². The van der Waals surface area contributed by atoms with Crippen molar-refractivity contribution in [2.24, 2.45) is 44.4 Å². The molecule has 0 aliphatic rings. The standard InChI is InChI=1S/C32H30N8/c33-12-2-6-23-16-25(8-4-14-39-31(35)36)20-29(18-23)27-10-1-11-28(22-27)30-19-24(7-3-13-34)17-26(21-30)9-5-15-40-32(37)38/h1,10-11,16-22H,12-15,33-34H2,(H4,35,36,39)(H4,37,38,40). The third-order valence-electron chi connectivity index (χ3n) is 5.21. The van der Waals surface area contributed by atoms with Gasteiger partial charge in [0.1, 0.15) is 13.1 Å². The van der Waals surface area contributed by atoms with E-state index in [1.807, 2.05) is 54.6 Å². The quantitative estimate of drug-likeness (QED) is 0.167. The van der Waals surface area contributed by atoms with E-state index in [-0.39, 0.29) is 38.1 Å². The number of rotatable bonds is 4. The second kappa shape index (κ2) is 14.9. The second-order valence-corrected chi connectivity index (χ2v) is 8.28. The average Bonchev–Trinajstić information content (AvgIpc) is 2.95. The molecule has 0 aliphatic heterocycles. The molecule has 0 fully saturated rings. The molecule has 3 aromatic rings. The molecule has 0 aliphatic carbocycles. The molecule has 12 N–H and O–H groups in total. The molecule has 40 heavy (non-hydrogen) atoms. The van der Waals surface area contributed by atoms with Crippen LogP contribution in [0.4, 0.5) is 0 Å². The lowest BCUT2D eigenvalue weighted by molar-refractivity contribution is 1.24. The van der Waals surface area contributed by atoms with E-state index in [1.165, 1.54) is 0 Å². The van der Waals surface area contributed by atoms with Crippen molar-refractivity contribution in [2.45, 2.75) is 0 Å². The van der Waals surface area contributed by atoms with Crippen molar-refractivity contribution in [2.75, 3.05) is 26.2 Å². The zero-order valence-corrected chi connectivity index (χ0v) is 22.0. The number of aliphatic imine (C=N–C) groups is 2. The van der Waals surface area contributed by atoms with Gasteiger partial charge < -0.3 is 34.4 Å². The summed E-state index contributed by atoms with van der Waals surface area (Å²) in [6.45, 7) is 0.913. The Morgan fingerprint density at radius 1 is 0.500 bits per heavy atom. The van der Waals surface area contributed by atoms with Crippen molar-refractivity contribution in [3.8, 4) is 69.6 Å². The van der Waals surface area contributed by atoms with Crippen LogP contribution in [-0.4, -0.2) is 38.1 Å². The van der Waals surface area contributed by atoms with Crippen LogP contribution >= 0.6 is 0 Å². The molecule has 3 rings (SSSR count). The van der Waals surface area contributed by atoms with Gasteiger partial charge in [0.25, 0.3) is 0 Å². The van der Waals surface area contributed by atoms with E-state index >= 15 is 0 Å². The monoisotopic (exact) mass is 526 g/mol. The summed E-state index contributed by atoms with van der Waals surface area (Å²) in [5.41, 5.74) is 39.8.